The van der Waals surface area contributed by atoms with Crippen LogP contribution in [0.3, 0.4) is 0 Å². The van der Waals surface area contributed by atoms with Crippen LogP contribution in [0.4, 0.5) is 0 Å². The molecular weight excluding hydrogens is 258 g/mol. The van der Waals surface area contributed by atoms with Crippen LogP contribution in [0.2, 0.25) is 0 Å². The van der Waals surface area contributed by atoms with Crippen LogP contribution in [0.25, 0.3) is 10.9 Å². The Bertz CT molecular complexity index is 550. The van der Waals surface area contributed by atoms with E-state index >= 15 is 0 Å². The first kappa shape index (κ1) is 15.8. The fraction of sp³-hybridized carbons (Fsp3) is 0.526. The number of pyridine rings is 1. The van der Waals surface area contributed by atoms with E-state index in [0.29, 0.717) is 5.75 Å². The van der Waals surface area contributed by atoms with Gasteiger partial charge in [-0.2, -0.15) is 0 Å². The van der Waals surface area contributed by atoms with Gasteiger partial charge < -0.3 is 5.11 Å². The topological polar surface area (TPSA) is 33.1 Å². The van der Waals surface area contributed by atoms with Crippen molar-refractivity contribution in [3.8, 4) is 5.75 Å². The van der Waals surface area contributed by atoms with E-state index in [-0.39, 0.29) is 0 Å². The molecule has 0 radical (unpaired) electrons. The largest absolute Gasteiger partial charge is 0.505 e. The van der Waals surface area contributed by atoms with Gasteiger partial charge in [0.25, 0.3) is 0 Å². The molecule has 2 heteroatoms. The lowest BCUT2D eigenvalue weighted by molar-refractivity contribution is 0.471. The molecule has 0 aliphatic heterocycles. The highest BCUT2D eigenvalue weighted by molar-refractivity contribution is 5.85. The third-order valence-corrected chi connectivity index (χ3v) is 4.13. The molecule has 114 valence electrons. The molecule has 0 saturated carbocycles. The molecule has 0 aliphatic rings. The van der Waals surface area contributed by atoms with Crippen LogP contribution >= 0.6 is 0 Å². The van der Waals surface area contributed by atoms with Gasteiger partial charge in [-0.25, -0.2) is 0 Å². The number of benzene rings is 1. The van der Waals surface area contributed by atoms with Gasteiger partial charge in [0.15, 0.2) is 0 Å². The Morgan fingerprint density at radius 1 is 0.905 bits per heavy atom. The van der Waals surface area contributed by atoms with Crippen molar-refractivity contribution in [3.63, 3.8) is 0 Å². The summed E-state index contributed by atoms with van der Waals surface area (Å²) in [5, 5.41) is 11.3. The molecule has 0 bridgehead atoms. The molecule has 21 heavy (non-hydrogen) atoms. The summed E-state index contributed by atoms with van der Waals surface area (Å²) in [5.74, 6) is 0.371. The molecule has 0 aliphatic carbocycles. The highest BCUT2D eigenvalue weighted by Gasteiger charge is 2.06. The van der Waals surface area contributed by atoms with Gasteiger partial charge in [0.1, 0.15) is 11.3 Å². The lowest BCUT2D eigenvalue weighted by Gasteiger charge is -2.07. The second-order valence-electron chi connectivity index (χ2n) is 5.87. The number of rotatable bonds is 9. The van der Waals surface area contributed by atoms with E-state index in [1.807, 2.05) is 18.2 Å². The third kappa shape index (κ3) is 4.73. The summed E-state index contributed by atoms with van der Waals surface area (Å²) >= 11 is 0. The van der Waals surface area contributed by atoms with Crippen LogP contribution in [-0.2, 0) is 6.42 Å². The van der Waals surface area contributed by atoms with Crippen LogP contribution in [0, 0.1) is 0 Å². The SMILES string of the molecule is CCCCCCCCCCc1ccc2cccnc2c1O. The maximum absolute atomic E-state index is 10.3. The maximum Gasteiger partial charge on any atom is 0.144 e. The van der Waals surface area contributed by atoms with Crippen LogP contribution < -0.4 is 0 Å². The molecule has 0 atom stereocenters. The smallest absolute Gasteiger partial charge is 0.144 e. The number of phenols is 1. The zero-order valence-electron chi connectivity index (χ0n) is 13.1. The van der Waals surface area contributed by atoms with E-state index in [1.165, 1.54) is 44.9 Å². The number of aromatic nitrogens is 1. The van der Waals surface area contributed by atoms with Crippen molar-refractivity contribution >= 4 is 10.9 Å². The molecule has 1 aromatic heterocycles. The summed E-state index contributed by atoms with van der Waals surface area (Å²) in [4.78, 5) is 4.28. The zero-order chi connectivity index (χ0) is 14.9. The van der Waals surface area contributed by atoms with Crippen molar-refractivity contribution in [1.82, 2.24) is 4.98 Å². The molecule has 1 heterocycles. The number of hydrogen-bond acceptors (Lipinski definition) is 2. The number of phenolic OH excluding ortho intramolecular Hbond substituents is 1. The minimum atomic E-state index is 0.371. The van der Waals surface area contributed by atoms with Gasteiger partial charge in [0, 0.05) is 11.6 Å². The molecule has 1 aromatic carbocycles. The standard InChI is InChI=1S/C19H27NO/c1-2-3-4-5-6-7-8-9-11-17-14-13-16-12-10-15-20-18(16)19(17)21/h10,12-15,21H,2-9,11H2,1H3. The van der Waals surface area contributed by atoms with Crippen molar-refractivity contribution in [2.75, 3.05) is 0 Å². The first-order chi connectivity index (χ1) is 10.3. The Balaban J connectivity index is 1.75. The molecular formula is C19H27NO. The maximum atomic E-state index is 10.3. The predicted molar refractivity (Wildman–Crippen MR) is 89.7 cm³/mol. The van der Waals surface area contributed by atoms with Crippen molar-refractivity contribution in [2.45, 2.75) is 64.7 Å². The number of aromatic hydroxyl groups is 1. The van der Waals surface area contributed by atoms with Crippen LogP contribution in [0.5, 0.6) is 5.75 Å². The lowest BCUT2D eigenvalue weighted by atomic mass is 10.0. The molecule has 1 N–H and O–H groups in total. The first-order valence-corrected chi connectivity index (χ1v) is 8.38. The summed E-state index contributed by atoms with van der Waals surface area (Å²) in [6, 6.07) is 7.99. The predicted octanol–water partition coefficient (Wildman–Crippen LogP) is 5.62. The molecule has 0 fully saturated rings. The van der Waals surface area contributed by atoms with Crippen LogP contribution in [0.1, 0.15) is 63.9 Å². The first-order valence-electron chi connectivity index (χ1n) is 8.38. The summed E-state index contributed by atoms with van der Waals surface area (Å²) in [5.41, 5.74) is 1.77. The van der Waals surface area contributed by atoms with E-state index in [9.17, 15) is 5.11 Å². The molecule has 0 saturated heterocycles. The van der Waals surface area contributed by atoms with E-state index in [0.717, 1.165) is 29.3 Å². The third-order valence-electron chi connectivity index (χ3n) is 4.13. The van der Waals surface area contributed by atoms with E-state index < -0.39 is 0 Å². The van der Waals surface area contributed by atoms with Crippen molar-refractivity contribution in [1.29, 1.82) is 0 Å². The van der Waals surface area contributed by atoms with Crippen LogP contribution in [-0.4, -0.2) is 10.1 Å². The van der Waals surface area contributed by atoms with Gasteiger partial charge in [0.05, 0.1) is 0 Å². The van der Waals surface area contributed by atoms with Gasteiger partial charge in [-0.15, -0.1) is 0 Å². The summed E-state index contributed by atoms with van der Waals surface area (Å²) in [7, 11) is 0. The summed E-state index contributed by atoms with van der Waals surface area (Å²) in [6.45, 7) is 2.25. The average molecular weight is 285 g/mol. The molecule has 0 amide bonds. The molecule has 2 nitrogen and oxygen atoms in total. The fourth-order valence-corrected chi connectivity index (χ4v) is 2.82. The Morgan fingerprint density at radius 2 is 1.62 bits per heavy atom. The molecule has 0 unspecified atom stereocenters. The Kier molecular flexibility index (Phi) is 6.52. The van der Waals surface area contributed by atoms with Gasteiger partial charge in [-0.1, -0.05) is 70.1 Å². The van der Waals surface area contributed by atoms with E-state index in [4.69, 9.17) is 0 Å². The minimum Gasteiger partial charge on any atom is -0.505 e. The van der Waals surface area contributed by atoms with Gasteiger partial charge in [-0.05, 0) is 24.5 Å². The van der Waals surface area contributed by atoms with Crippen LogP contribution in [0.15, 0.2) is 30.5 Å². The Labute approximate surface area is 128 Å². The monoisotopic (exact) mass is 285 g/mol. The Morgan fingerprint density at radius 3 is 2.38 bits per heavy atom. The highest BCUT2D eigenvalue weighted by Crippen LogP contribution is 2.28. The van der Waals surface area contributed by atoms with Gasteiger partial charge in [-0.3, -0.25) is 4.98 Å². The van der Waals surface area contributed by atoms with Crippen molar-refractivity contribution < 1.29 is 5.11 Å². The molecule has 0 spiro atoms. The number of hydrogen-bond donors (Lipinski definition) is 1. The number of unbranched alkanes of at least 4 members (excludes halogenated alkanes) is 7. The van der Waals surface area contributed by atoms with Gasteiger partial charge in [0.2, 0.25) is 0 Å². The minimum absolute atomic E-state index is 0.371. The Hall–Kier alpha value is -1.57. The second kappa shape index (κ2) is 8.66. The normalized spacial score (nSPS) is 11.1. The fourth-order valence-electron chi connectivity index (χ4n) is 2.82. The lowest BCUT2D eigenvalue weighted by Crippen LogP contribution is -1.90. The number of fused-ring (bicyclic) bond motifs is 1. The summed E-state index contributed by atoms with van der Waals surface area (Å²) in [6.07, 6.45) is 13.2. The molecule has 2 aromatic rings. The average Bonchev–Trinajstić information content (AvgIpc) is 2.52. The van der Waals surface area contributed by atoms with E-state index in [2.05, 4.69) is 18.0 Å². The summed E-state index contributed by atoms with van der Waals surface area (Å²) < 4.78 is 0. The second-order valence-corrected chi connectivity index (χ2v) is 5.87. The van der Waals surface area contributed by atoms with Crippen molar-refractivity contribution in [3.05, 3.63) is 36.0 Å². The molecule has 2 rings (SSSR count). The quantitative estimate of drug-likeness (QED) is 0.606. The number of nitrogens with zero attached hydrogens (tertiary/aromatic N) is 1. The van der Waals surface area contributed by atoms with E-state index in [1.54, 1.807) is 6.20 Å². The van der Waals surface area contributed by atoms with Crippen molar-refractivity contribution in [2.24, 2.45) is 0 Å². The zero-order valence-corrected chi connectivity index (χ0v) is 13.1. The van der Waals surface area contributed by atoms with Gasteiger partial charge >= 0.3 is 0 Å². The highest BCUT2D eigenvalue weighted by atomic mass is 16.3. The number of aryl methyl sites for hydroxylation is 1.